The summed E-state index contributed by atoms with van der Waals surface area (Å²) in [6.45, 7) is 0.214. The number of hydrogen-bond donors (Lipinski definition) is 2. The topological polar surface area (TPSA) is 120 Å². The van der Waals surface area contributed by atoms with Crippen LogP contribution < -0.4 is 21.6 Å². The highest BCUT2D eigenvalue weighted by Gasteiger charge is 2.23. The molecule has 4 heterocycles. The summed E-state index contributed by atoms with van der Waals surface area (Å²) in [6.07, 6.45) is 3.14. The summed E-state index contributed by atoms with van der Waals surface area (Å²) < 4.78 is 8.32. The van der Waals surface area contributed by atoms with Gasteiger partial charge in [0.25, 0.3) is 17.1 Å². The number of primary amides is 1. The van der Waals surface area contributed by atoms with Crippen LogP contribution in [0, 0.1) is 0 Å². The minimum atomic E-state index is -0.717. The Bertz CT molecular complexity index is 1180. The molecule has 1 amide bonds. The SMILES string of the molecule is NC(=O)c1cc2c(=O)n3ccccc3nc2[n+](Cc2ccco2)c1N. The zero-order valence-electron chi connectivity index (χ0n) is 13.0. The number of carbonyl (C=O) groups excluding carboxylic acids is 1. The zero-order valence-corrected chi connectivity index (χ0v) is 13.0. The fraction of sp³-hybridized carbons (Fsp3) is 0.0588. The molecule has 0 bridgehead atoms. The Morgan fingerprint density at radius 2 is 2.12 bits per heavy atom. The Morgan fingerprint density at radius 1 is 1.28 bits per heavy atom. The lowest BCUT2D eigenvalue weighted by Crippen LogP contribution is -2.42. The third kappa shape index (κ3) is 2.31. The Balaban J connectivity index is 2.14. The van der Waals surface area contributed by atoms with Gasteiger partial charge in [-0.1, -0.05) is 11.1 Å². The lowest BCUT2D eigenvalue weighted by Gasteiger charge is -2.09. The van der Waals surface area contributed by atoms with E-state index in [1.54, 1.807) is 41.1 Å². The van der Waals surface area contributed by atoms with Crippen LogP contribution in [0.2, 0.25) is 0 Å². The van der Waals surface area contributed by atoms with Crippen molar-refractivity contribution in [3.63, 3.8) is 0 Å². The number of hydrogen-bond acceptors (Lipinski definition) is 5. The normalized spacial score (nSPS) is 11.2. The Kier molecular flexibility index (Phi) is 3.24. The van der Waals surface area contributed by atoms with Gasteiger partial charge in [-0.05, 0) is 30.3 Å². The van der Waals surface area contributed by atoms with Crippen molar-refractivity contribution in [3.8, 4) is 0 Å². The van der Waals surface area contributed by atoms with Crippen molar-refractivity contribution in [3.05, 3.63) is 70.5 Å². The summed E-state index contributed by atoms with van der Waals surface area (Å²) in [4.78, 5) is 29.1. The maximum atomic E-state index is 12.8. The van der Waals surface area contributed by atoms with E-state index in [1.165, 1.54) is 16.7 Å². The minimum Gasteiger partial charge on any atom is -0.466 e. The molecule has 8 nitrogen and oxygen atoms in total. The predicted octanol–water partition coefficient (Wildman–Crippen LogP) is 0.458. The molecule has 0 spiro atoms. The average molecular weight is 336 g/mol. The van der Waals surface area contributed by atoms with Crippen LogP contribution in [0.5, 0.6) is 0 Å². The Morgan fingerprint density at radius 3 is 2.84 bits per heavy atom. The largest absolute Gasteiger partial charge is 0.466 e. The first-order valence-corrected chi connectivity index (χ1v) is 7.52. The Hall–Kier alpha value is -3.68. The number of furan rings is 1. The van der Waals surface area contributed by atoms with Crippen molar-refractivity contribution in [2.24, 2.45) is 5.73 Å². The van der Waals surface area contributed by atoms with Gasteiger partial charge >= 0.3 is 0 Å². The van der Waals surface area contributed by atoms with Crippen molar-refractivity contribution in [2.75, 3.05) is 5.73 Å². The molecule has 4 aromatic rings. The maximum absolute atomic E-state index is 12.8. The first kappa shape index (κ1) is 14.9. The molecule has 0 aliphatic rings. The molecular weight excluding hydrogens is 322 g/mol. The maximum Gasteiger partial charge on any atom is 0.278 e. The van der Waals surface area contributed by atoms with Crippen LogP contribution in [0.4, 0.5) is 5.82 Å². The summed E-state index contributed by atoms with van der Waals surface area (Å²) in [6, 6.07) is 10.1. The number of amides is 1. The molecule has 0 saturated heterocycles. The second-order valence-corrected chi connectivity index (χ2v) is 5.56. The number of nitrogen functional groups attached to an aromatic ring is 1. The fourth-order valence-corrected chi connectivity index (χ4v) is 2.82. The van der Waals surface area contributed by atoms with Gasteiger partial charge in [-0.25, -0.2) is 4.57 Å². The summed E-state index contributed by atoms with van der Waals surface area (Å²) >= 11 is 0. The Labute approximate surface area is 140 Å². The minimum absolute atomic E-state index is 0.0637. The molecule has 0 radical (unpaired) electrons. The van der Waals surface area contributed by atoms with Gasteiger partial charge in [0.05, 0.1) is 6.26 Å². The molecule has 0 fully saturated rings. The van der Waals surface area contributed by atoms with Gasteiger partial charge in [0.1, 0.15) is 23.3 Å². The van der Waals surface area contributed by atoms with Gasteiger partial charge in [0.2, 0.25) is 11.5 Å². The highest BCUT2D eigenvalue weighted by molar-refractivity contribution is 5.99. The number of fused-ring (bicyclic) bond motifs is 2. The van der Waals surface area contributed by atoms with Gasteiger partial charge in [0.15, 0.2) is 0 Å². The highest BCUT2D eigenvalue weighted by Crippen LogP contribution is 2.15. The van der Waals surface area contributed by atoms with Gasteiger partial charge in [-0.15, -0.1) is 0 Å². The molecule has 4 N–H and O–H groups in total. The van der Waals surface area contributed by atoms with E-state index in [9.17, 15) is 9.59 Å². The molecule has 25 heavy (non-hydrogen) atoms. The van der Waals surface area contributed by atoms with E-state index in [0.29, 0.717) is 17.1 Å². The standard InChI is InChI=1S/C17H13N5O3/c18-14-11(15(19)23)8-12-16(22(14)9-10-4-3-7-25-10)20-13-5-1-2-6-21(13)17(12)24/h1-8,18H,9H2,(H2,19,23)/p+1. The van der Waals surface area contributed by atoms with Gasteiger partial charge in [-0.2, -0.15) is 0 Å². The van der Waals surface area contributed by atoms with Crippen LogP contribution in [-0.2, 0) is 6.54 Å². The lowest BCUT2D eigenvalue weighted by atomic mass is 10.2. The number of rotatable bonds is 3. The molecule has 0 saturated carbocycles. The molecule has 4 aromatic heterocycles. The van der Waals surface area contributed by atoms with E-state index < -0.39 is 5.91 Å². The smallest absolute Gasteiger partial charge is 0.278 e. The van der Waals surface area contributed by atoms with Crippen molar-refractivity contribution in [1.82, 2.24) is 9.38 Å². The van der Waals surface area contributed by atoms with E-state index in [1.807, 2.05) is 0 Å². The molecule has 0 unspecified atom stereocenters. The zero-order chi connectivity index (χ0) is 17.6. The van der Waals surface area contributed by atoms with E-state index in [4.69, 9.17) is 15.9 Å². The second kappa shape index (κ2) is 5.45. The van der Waals surface area contributed by atoms with Gasteiger partial charge in [0, 0.05) is 6.20 Å². The lowest BCUT2D eigenvalue weighted by molar-refractivity contribution is -0.651. The van der Waals surface area contributed by atoms with Crippen LogP contribution >= 0.6 is 0 Å². The number of aromatic nitrogens is 3. The van der Waals surface area contributed by atoms with Gasteiger partial charge in [-0.3, -0.25) is 14.0 Å². The number of anilines is 1. The van der Waals surface area contributed by atoms with Crippen LogP contribution in [0.25, 0.3) is 16.7 Å². The number of carbonyl (C=O) groups is 1. The molecule has 0 aliphatic heterocycles. The van der Waals surface area contributed by atoms with Gasteiger partial charge < -0.3 is 15.9 Å². The van der Waals surface area contributed by atoms with Crippen molar-refractivity contribution in [1.29, 1.82) is 0 Å². The third-order valence-electron chi connectivity index (χ3n) is 4.02. The van der Waals surface area contributed by atoms with Crippen molar-refractivity contribution < 1.29 is 13.8 Å². The molecule has 8 heteroatoms. The second-order valence-electron chi connectivity index (χ2n) is 5.56. The fourth-order valence-electron chi connectivity index (χ4n) is 2.82. The first-order valence-electron chi connectivity index (χ1n) is 7.52. The molecule has 0 aliphatic carbocycles. The molecule has 0 aromatic carbocycles. The monoisotopic (exact) mass is 336 g/mol. The summed E-state index contributed by atoms with van der Waals surface area (Å²) in [5, 5.41) is 0.248. The van der Waals surface area contributed by atoms with E-state index in [2.05, 4.69) is 4.98 Å². The highest BCUT2D eigenvalue weighted by atomic mass is 16.3. The third-order valence-corrected chi connectivity index (χ3v) is 4.02. The predicted molar refractivity (Wildman–Crippen MR) is 89.9 cm³/mol. The van der Waals surface area contributed by atoms with Crippen molar-refractivity contribution >= 4 is 28.4 Å². The average Bonchev–Trinajstić information content (AvgIpc) is 3.11. The first-order chi connectivity index (χ1) is 12.1. The van der Waals surface area contributed by atoms with E-state index >= 15 is 0 Å². The van der Waals surface area contributed by atoms with Crippen molar-refractivity contribution in [2.45, 2.75) is 6.54 Å². The summed E-state index contributed by atoms with van der Waals surface area (Å²) in [5.74, 6) is 0.0171. The molecule has 0 atom stereocenters. The van der Waals surface area contributed by atoms with Crippen LogP contribution in [0.15, 0.2) is 58.1 Å². The molecular formula is C17H14N5O3+. The molecule has 124 valence electrons. The number of nitrogens with zero attached hydrogens (tertiary/aromatic N) is 3. The van der Waals surface area contributed by atoms with Crippen LogP contribution in [0.3, 0.4) is 0 Å². The summed E-state index contributed by atoms with van der Waals surface area (Å²) in [5.41, 5.74) is 12.1. The number of nitrogens with two attached hydrogens (primary N) is 2. The number of pyridine rings is 2. The van der Waals surface area contributed by atoms with Crippen LogP contribution in [0.1, 0.15) is 16.1 Å². The molecule has 4 rings (SSSR count). The van der Waals surface area contributed by atoms with E-state index in [0.717, 1.165) is 0 Å². The van der Waals surface area contributed by atoms with E-state index in [-0.39, 0.29) is 28.9 Å². The quantitative estimate of drug-likeness (QED) is 0.416. The summed E-state index contributed by atoms with van der Waals surface area (Å²) in [7, 11) is 0. The van der Waals surface area contributed by atoms with Crippen LogP contribution in [-0.4, -0.2) is 15.3 Å².